The van der Waals surface area contributed by atoms with Crippen LogP contribution in [0.4, 0.5) is 15.8 Å². The Labute approximate surface area is 259 Å². The molecule has 0 bridgehead atoms. The van der Waals surface area contributed by atoms with Crippen molar-refractivity contribution in [2.45, 2.75) is 89.4 Å². The maximum Gasteiger partial charge on any atom is 0.257 e. The number of halogens is 1. The van der Waals surface area contributed by atoms with Gasteiger partial charge in [-0.25, -0.2) is 4.39 Å². The Kier molecular flexibility index (Phi) is 8.15. The molecular weight excluding hydrogens is 551 g/mol. The highest BCUT2D eigenvalue weighted by atomic mass is 19.1. The van der Waals surface area contributed by atoms with Gasteiger partial charge in [0, 0.05) is 30.0 Å². The van der Waals surface area contributed by atoms with Crippen LogP contribution in [0.1, 0.15) is 90.0 Å². The summed E-state index contributed by atoms with van der Waals surface area (Å²) in [7, 11) is 0. The number of piperidine rings is 1. The highest BCUT2D eigenvalue weighted by Gasteiger charge is 2.50. The van der Waals surface area contributed by atoms with Crippen molar-refractivity contribution in [3.05, 3.63) is 94.3 Å². The molecule has 2 unspecified atom stereocenters. The standard InChI is InChI=1S/C37H43FN4O2/c1-23-6-4-10-32(38)34(23)37(44)42-33-11-5-7-26(33)21-31(36(43)41-30-17-14-27-22-39-19-18-25(27)20-30)35(42)24-12-15-29(16-13-24)40-28-8-2-3-9-28/h4,6,10,12-17,20,26,28,31,33,35,39-40H,2-3,5,7-9,11,18-19,21-22H2,1H3,(H,41,43)/t26-,31?,33-,35?/m0/s1. The third-order valence-corrected chi connectivity index (χ3v) is 10.6. The molecule has 2 aliphatic heterocycles. The molecule has 0 spiro atoms. The van der Waals surface area contributed by atoms with Crippen LogP contribution < -0.4 is 16.0 Å². The summed E-state index contributed by atoms with van der Waals surface area (Å²) in [6.07, 6.45) is 9.35. The molecule has 4 atom stereocenters. The summed E-state index contributed by atoms with van der Waals surface area (Å²) in [4.78, 5) is 30.7. The number of fused-ring (bicyclic) bond motifs is 2. The number of carbonyl (C=O) groups excluding carboxylic acids is 2. The molecule has 4 aliphatic rings. The van der Waals surface area contributed by atoms with E-state index >= 15 is 4.39 Å². The molecule has 2 saturated carbocycles. The normalized spacial score (nSPS) is 24.9. The van der Waals surface area contributed by atoms with Crippen molar-refractivity contribution in [1.82, 2.24) is 10.2 Å². The maximum atomic E-state index is 15.3. The number of likely N-dealkylation sites (tertiary alicyclic amines) is 1. The van der Waals surface area contributed by atoms with Crippen LogP contribution in [-0.4, -0.2) is 35.3 Å². The van der Waals surface area contributed by atoms with Gasteiger partial charge in [-0.1, -0.05) is 49.6 Å². The first-order chi connectivity index (χ1) is 21.5. The van der Waals surface area contributed by atoms with Gasteiger partial charge in [0.1, 0.15) is 5.82 Å². The molecule has 230 valence electrons. The quantitative estimate of drug-likeness (QED) is 0.284. The van der Waals surface area contributed by atoms with Crippen LogP contribution in [0.15, 0.2) is 60.7 Å². The molecule has 3 aromatic rings. The molecule has 2 heterocycles. The molecule has 2 aliphatic carbocycles. The average Bonchev–Trinajstić information content (AvgIpc) is 3.72. The number of amides is 2. The summed E-state index contributed by atoms with van der Waals surface area (Å²) in [5.41, 5.74) is 6.04. The molecule has 6 nitrogen and oxygen atoms in total. The Balaban J connectivity index is 1.25. The van der Waals surface area contributed by atoms with Gasteiger partial charge in [0.2, 0.25) is 5.91 Å². The van der Waals surface area contributed by atoms with Gasteiger partial charge in [0.15, 0.2) is 0 Å². The van der Waals surface area contributed by atoms with E-state index in [1.165, 1.54) is 42.9 Å². The maximum absolute atomic E-state index is 15.3. The van der Waals surface area contributed by atoms with Gasteiger partial charge in [-0.2, -0.15) is 0 Å². The van der Waals surface area contributed by atoms with Gasteiger partial charge in [-0.3, -0.25) is 9.59 Å². The molecular formula is C37H43FN4O2. The number of nitrogens with zero attached hydrogens (tertiary/aromatic N) is 1. The molecule has 2 amide bonds. The van der Waals surface area contributed by atoms with Crippen LogP contribution in [0.25, 0.3) is 0 Å². The van der Waals surface area contributed by atoms with Crippen LogP contribution in [0, 0.1) is 24.6 Å². The fourth-order valence-corrected chi connectivity index (χ4v) is 8.34. The van der Waals surface area contributed by atoms with E-state index in [0.29, 0.717) is 18.0 Å². The molecule has 3 aromatic carbocycles. The van der Waals surface area contributed by atoms with Crippen LogP contribution in [0.3, 0.4) is 0 Å². The number of hydrogen-bond acceptors (Lipinski definition) is 4. The van der Waals surface area contributed by atoms with Gasteiger partial charge < -0.3 is 20.9 Å². The number of hydrogen-bond donors (Lipinski definition) is 3. The highest BCUT2D eigenvalue weighted by Crippen LogP contribution is 2.49. The minimum absolute atomic E-state index is 0.0249. The van der Waals surface area contributed by atoms with Crippen LogP contribution >= 0.6 is 0 Å². The second-order valence-electron chi connectivity index (χ2n) is 13.3. The highest BCUT2D eigenvalue weighted by molar-refractivity contribution is 5.98. The summed E-state index contributed by atoms with van der Waals surface area (Å²) in [5.74, 6) is -1.15. The lowest BCUT2D eigenvalue weighted by Gasteiger charge is -2.48. The van der Waals surface area contributed by atoms with Crippen molar-refractivity contribution in [2.24, 2.45) is 11.8 Å². The summed E-state index contributed by atoms with van der Waals surface area (Å²) in [6.45, 7) is 3.56. The van der Waals surface area contributed by atoms with Gasteiger partial charge >= 0.3 is 0 Å². The lowest BCUT2D eigenvalue weighted by molar-refractivity contribution is -0.125. The van der Waals surface area contributed by atoms with Crippen molar-refractivity contribution in [3.8, 4) is 0 Å². The lowest BCUT2D eigenvalue weighted by Crippen LogP contribution is -2.54. The van der Waals surface area contributed by atoms with Crippen LogP contribution in [-0.2, 0) is 17.8 Å². The minimum Gasteiger partial charge on any atom is -0.382 e. The van der Waals surface area contributed by atoms with E-state index in [2.05, 4.69) is 52.3 Å². The molecule has 1 saturated heterocycles. The van der Waals surface area contributed by atoms with E-state index in [1.807, 2.05) is 11.0 Å². The smallest absolute Gasteiger partial charge is 0.257 e. The Bertz CT molecular complexity index is 1510. The van der Waals surface area contributed by atoms with Crippen molar-refractivity contribution in [1.29, 1.82) is 0 Å². The first kappa shape index (κ1) is 29.0. The van der Waals surface area contributed by atoms with Gasteiger partial charge in [0.25, 0.3) is 5.91 Å². The number of benzene rings is 3. The van der Waals surface area contributed by atoms with E-state index < -0.39 is 17.8 Å². The average molecular weight is 595 g/mol. The van der Waals surface area contributed by atoms with Crippen molar-refractivity contribution in [3.63, 3.8) is 0 Å². The van der Waals surface area contributed by atoms with E-state index in [1.54, 1.807) is 19.1 Å². The SMILES string of the molecule is Cc1cccc(F)c1C(=O)N1C(c2ccc(NC3CCCC3)cc2)C(C(=O)Nc2ccc3c(c2)CCNC3)C[C@@H]2CCC[C@@H]21. The first-order valence-electron chi connectivity index (χ1n) is 16.5. The molecule has 7 rings (SSSR count). The molecule has 0 radical (unpaired) electrons. The summed E-state index contributed by atoms with van der Waals surface area (Å²) in [6, 6.07) is 19.2. The first-order valence-corrected chi connectivity index (χ1v) is 16.5. The zero-order valence-electron chi connectivity index (χ0n) is 25.6. The molecule has 3 N–H and O–H groups in total. The third kappa shape index (κ3) is 5.63. The van der Waals surface area contributed by atoms with Crippen LogP contribution in [0.2, 0.25) is 0 Å². The fraction of sp³-hybridized carbons (Fsp3) is 0.459. The topological polar surface area (TPSA) is 73.5 Å². The van der Waals surface area contributed by atoms with Gasteiger partial charge in [0.05, 0.1) is 17.5 Å². The Morgan fingerprint density at radius 3 is 2.50 bits per heavy atom. The molecule has 3 fully saturated rings. The van der Waals surface area contributed by atoms with E-state index in [0.717, 1.165) is 55.7 Å². The summed E-state index contributed by atoms with van der Waals surface area (Å²) in [5, 5.41) is 10.3. The van der Waals surface area contributed by atoms with Crippen molar-refractivity contribution in [2.75, 3.05) is 17.2 Å². The molecule has 0 aromatic heterocycles. The van der Waals surface area contributed by atoms with Gasteiger partial charge in [-0.15, -0.1) is 0 Å². The Morgan fingerprint density at radius 1 is 0.909 bits per heavy atom. The summed E-state index contributed by atoms with van der Waals surface area (Å²) >= 11 is 0. The van der Waals surface area contributed by atoms with Crippen LogP contribution in [0.5, 0.6) is 0 Å². The Hall–Kier alpha value is -3.71. The predicted molar refractivity (Wildman–Crippen MR) is 172 cm³/mol. The predicted octanol–water partition coefficient (Wildman–Crippen LogP) is 7.15. The number of aryl methyl sites for hydroxylation is 1. The third-order valence-electron chi connectivity index (χ3n) is 10.6. The van der Waals surface area contributed by atoms with E-state index in [-0.39, 0.29) is 29.3 Å². The second-order valence-corrected chi connectivity index (χ2v) is 13.3. The van der Waals surface area contributed by atoms with E-state index in [4.69, 9.17) is 0 Å². The monoisotopic (exact) mass is 594 g/mol. The largest absolute Gasteiger partial charge is 0.382 e. The van der Waals surface area contributed by atoms with Gasteiger partial charge in [-0.05, 0) is 110 Å². The van der Waals surface area contributed by atoms with Crippen molar-refractivity contribution < 1.29 is 14.0 Å². The number of nitrogens with one attached hydrogen (secondary N) is 3. The molecule has 7 heteroatoms. The number of carbonyl (C=O) groups is 2. The number of rotatable bonds is 6. The number of anilines is 2. The van der Waals surface area contributed by atoms with E-state index in [9.17, 15) is 9.59 Å². The lowest BCUT2D eigenvalue weighted by atomic mass is 9.76. The zero-order chi connectivity index (χ0) is 30.2. The summed E-state index contributed by atoms with van der Waals surface area (Å²) < 4.78 is 15.3. The Morgan fingerprint density at radius 2 is 1.70 bits per heavy atom. The minimum atomic E-state index is -0.505. The molecule has 44 heavy (non-hydrogen) atoms. The zero-order valence-corrected chi connectivity index (χ0v) is 25.6. The van der Waals surface area contributed by atoms with Crippen molar-refractivity contribution >= 4 is 23.2 Å². The second kappa shape index (κ2) is 12.4. The fourth-order valence-electron chi connectivity index (χ4n) is 8.34.